The van der Waals surface area contributed by atoms with E-state index < -0.39 is 6.04 Å². The number of rotatable bonds is 4. The van der Waals surface area contributed by atoms with Gasteiger partial charge in [-0.05, 0) is 36.2 Å². The van der Waals surface area contributed by atoms with E-state index in [0.717, 1.165) is 11.1 Å². The van der Waals surface area contributed by atoms with Gasteiger partial charge in [-0.3, -0.25) is 9.59 Å². The van der Waals surface area contributed by atoms with E-state index >= 15 is 0 Å². The van der Waals surface area contributed by atoms with E-state index in [4.69, 9.17) is 27.9 Å². The molecule has 0 spiro atoms. The van der Waals surface area contributed by atoms with Crippen LogP contribution >= 0.6 is 23.2 Å². The zero-order chi connectivity index (χ0) is 18.7. The number of piperazine rings is 1. The molecule has 136 valence electrons. The van der Waals surface area contributed by atoms with E-state index in [1.54, 1.807) is 23.1 Å². The van der Waals surface area contributed by atoms with E-state index in [1.807, 2.05) is 31.2 Å². The van der Waals surface area contributed by atoms with Crippen LogP contribution in [0.3, 0.4) is 0 Å². The Kier molecular flexibility index (Phi) is 5.69. The van der Waals surface area contributed by atoms with Gasteiger partial charge in [-0.2, -0.15) is 0 Å². The van der Waals surface area contributed by atoms with Crippen molar-refractivity contribution in [3.63, 3.8) is 0 Å². The van der Waals surface area contributed by atoms with Crippen LogP contribution in [0.4, 0.5) is 0 Å². The summed E-state index contributed by atoms with van der Waals surface area (Å²) in [5.41, 5.74) is 1.76. The fourth-order valence-electron chi connectivity index (χ4n) is 2.95. The molecule has 2 aromatic rings. The van der Waals surface area contributed by atoms with Crippen LogP contribution in [-0.2, 0) is 9.59 Å². The summed E-state index contributed by atoms with van der Waals surface area (Å²) in [5, 5.41) is 3.64. The lowest BCUT2D eigenvalue weighted by Gasteiger charge is -2.35. The van der Waals surface area contributed by atoms with Crippen molar-refractivity contribution in [3.8, 4) is 5.75 Å². The summed E-state index contributed by atoms with van der Waals surface area (Å²) in [7, 11) is 0. The first-order valence-corrected chi connectivity index (χ1v) is 8.93. The maximum absolute atomic E-state index is 12.7. The topological polar surface area (TPSA) is 58.6 Å². The highest BCUT2D eigenvalue weighted by Gasteiger charge is 2.35. The third kappa shape index (κ3) is 3.94. The molecule has 2 amide bonds. The standard InChI is InChI=1S/C19H18Cl2N2O3/c1-12-4-2-3-5-14(12)18-19(25)22-8-9-23(18)17(24)11-26-16-7-6-13(20)10-15(16)21/h2-7,10,18H,8-9,11H2,1H3,(H,22,25). The number of carbonyl (C=O) groups excluding carboxylic acids is 2. The predicted octanol–water partition coefficient (Wildman–Crippen LogP) is 3.38. The average Bonchev–Trinajstić information content (AvgIpc) is 2.61. The molecule has 1 aliphatic rings. The van der Waals surface area contributed by atoms with Gasteiger partial charge in [0.1, 0.15) is 11.8 Å². The van der Waals surface area contributed by atoms with Crippen LogP contribution in [-0.4, -0.2) is 36.4 Å². The number of nitrogens with zero attached hydrogens (tertiary/aromatic N) is 1. The van der Waals surface area contributed by atoms with Gasteiger partial charge in [0, 0.05) is 18.1 Å². The zero-order valence-corrected chi connectivity index (χ0v) is 15.7. The predicted molar refractivity (Wildman–Crippen MR) is 101 cm³/mol. The molecular weight excluding hydrogens is 375 g/mol. The van der Waals surface area contributed by atoms with Gasteiger partial charge < -0.3 is 15.0 Å². The first-order chi connectivity index (χ1) is 12.5. The Morgan fingerprint density at radius 2 is 2.04 bits per heavy atom. The lowest BCUT2D eigenvalue weighted by atomic mass is 9.97. The Balaban J connectivity index is 1.78. The normalized spacial score (nSPS) is 17.0. The fourth-order valence-corrected chi connectivity index (χ4v) is 3.42. The molecule has 7 heteroatoms. The maximum Gasteiger partial charge on any atom is 0.261 e. The smallest absolute Gasteiger partial charge is 0.261 e. The van der Waals surface area contributed by atoms with Gasteiger partial charge in [0.2, 0.25) is 5.91 Å². The highest BCUT2D eigenvalue weighted by molar-refractivity contribution is 6.35. The molecule has 1 saturated heterocycles. The molecule has 1 atom stereocenters. The van der Waals surface area contributed by atoms with Crippen molar-refractivity contribution >= 4 is 35.0 Å². The van der Waals surface area contributed by atoms with Crippen molar-refractivity contribution in [1.29, 1.82) is 0 Å². The van der Waals surface area contributed by atoms with Gasteiger partial charge in [-0.25, -0.2) is 0 Å². The second kappa shape index (κ2) is 7.98. The maximum atomic E-state index is 12.7. The third-order valence-corrected chi connectivity index (χ3v) is 4.79. The molecule has 2 aromatic carbocycles. The van der Waals surface area contributed by atoms with E-state index in [2.05, 4.69) is 5.32 Å². The molecule has 0 saturated carbocycles. The Morgan fingerprint density at radius 3 is 2.77 bits per heavy atom. The minimum atomic E-state index is -0.665. The Hall–Kier alpha value is -2.24. The van der Waals surface area contributed by atoms with Crippen LogP contribution in [0.2, 0.25) is 10.0 Å². The SMILES string of the molecule is Cc1ccccc1C1C(=O)NCCN1C(=O)COc1ccc(Cl)cc1Cl. The minimum absolute atomic E-state index is 0.191. The highest BCUT2D eigenvalue weighted by atomic mass is 35.5. The number of carbonyl (C=O) groups is 2. The van der Waals surface area contributed by atoms with Crippen LogP contribution in [0.25, 0.3) is 0 Å². The summed E-state index contributed by atoms with van der Waals surface area (Å²) in [5.74, 6) is -0.0964. The summed E-state index contributed by atoms with van der Waals surface area (Å²) in [4.78, 5) is 26.7. The molecule has 0 radical (unpaired) electrons. The number of aryl methyl sites for hydroxylation is 1. The monoisotopic (exact) mass is 392 g/mol. The number of ether oxygens (including phenoxy) is 1. The molecular formula is C19H18Cl2N2O3. The second-order valence-electron chi connectivity index (χ2n) is 6.00. The Bertz CT molecular complexity index is 841. The first-order valence-electron chi connectivity index (χ1n) is 8.18. The molecule has 1 fully saturated rings. The number of hydrogen-bond donors (Lipinski definition) is 1. The van der Waals surface area contributed by atoms with Crippen LogP contribution in [0, 0.1) is 6.92 Å². The molecule has 5 nitrogen and oxygen atoms in total. The zero-order valence-electron chi connectivity index (χ0n) is 14.2. The Labute approximate surface area is 161 Å². The quantitative estimate of drug-likeness (QED) is 0.867. The molecule has 1 unspecified atom stereocenters. The van der Waals surface area contributed by atoms with Crippen LogP contribution in [0.1, 0.15) is 17.2 Å². The molecule has 1 N–H and O–H groups in total. The van der Waals surface area contributed by atoms with Gasteiger partial charge in [0.05, 0.1) is 5.02 Å². The highest BCUT2D eigenvalue weighted by Crippen LogP contribution is 2.29. The van der Waals surface area contributed by atoms with Crippen molar-refractivity contribution < 1.29 is 14.3 Å². The van der Waals surface area contributed by atoms with Crippen molar-refractivity contribution in [2.24, 2.45) is 0 Å². The summed E-state index contributed by atoms with van der Waals surface area (Å²) >= 11 is 11.9. The second-order valence-corrected chi connectivity index (χ2v) is 6.84. The summed E-state index contributed by atoms with van der Waals surface area (Å²) < 4.78 is 5.54. The number of amides is 2. The van der Waals surface area contributed by atoms with Gasteiger partial charge in [0.15, 0.2) is 6.61 Å². The number of halogens is 2. The van der Waals surface area contributed by atoms with Crippen molar-refractivity contribution in [2.75, 3.05) is 19.7 Å². The minimum Gasteiger partial charge on any atom is -0.482 e. The molecule has 3 rings (SSSR count). The lowest BCUT2D eigenvalue weighted by molar-refractivity contribution is -0.145. The van der Waals surface area contributed by atoms with Gasteiger partial charge in [-0.15, -0.1) is 0 Å². The molecule has 0 aliphatic carbocycles. The lowest BCUT2D eigenvalue weighted by Crippen LogP contribution is -2.53. The van der Waals surface area contributed by atoms with Gasteiger partial charge >= 0.3 is 0 Å². The average molecular weight is 393 g/mol. The van der Waals surface area contributed by atoms with E-state index in [9.17, 15) is 9.59 Å². The van der Waals surface area contributed by atoms with Crippen LogP contribution < -0.4 is 10.1 Å². The first kappa shape index (κ1) is 18.5. The van der Waals surface area contributed by atoms with Crippen molar-refractivity contribution in [1.82, 2.24) is 10.2 Å². The third-order valence-electron chi connectivity index (χ3n) is 4.26. The molecule has 0 aromatic heterocycles. The largest absolute Gasteiger partial charge is 0.482 e. The van der Waals surface area contributed by atoms with E-state index in [-0.39, 0.29) is 18.4 Å². The summed E-state index contributed by atoms with van der Waals surface area (Å²) in [6.07, 6.45) is 0. The van der Waals surface area contributed by atoms with Crippen LogP contribution in [0.15, 0.2) is 42.5 Å². The van der Waals surface area contributed by atoms with Crippen LogP contribution in [0.5, 0.6) is 5.75 Å². The van der Waals surface area contributed by atoms with E-state index in [1.165, 1.54) is 0 Å². The number of hydrogen-bond acceptors (Lipinski definition) is 3. The van der Waals surface area contributed by atoms with Crippen molar-refractivity contribution in [3.05, 3.63) is 63.6 Å². The van der Waals surface area contributed by atoms with E-state index in [0.29, 0.717) is 28.9 Å². The number of benzene rings is 2. The van der Waals surface area contributed by atoms with Crippen molar-refractivity contribution in [2.45, 2.75) is 13.0 Å². The summed E-state index contributed by atoms with van der Waals surface area (Å²) in [6.45, 7) is 2.54. The molecule has 1 heterocycles. The fraction of sp³-hybridized carbons (Fsp3) is 0.263. The Morgan fingerprint density at radius 1 is 1.27 bits per heavy atom. The van der Waals surface area contributed by atoms with Gasteiger partial charge in [-0.1, -0.05) is 47.5 Å². The van der Waals surface area contributed by atoms with Gasteiger partial charge in [0.25, 0.3) is 5.91 Å². The summed E-state index contributed by atoms with van der Waals surface area (Å²) in [6, 6.07) is 11.7. The molecule has 26 heavy (non-hydrogen) atoms. The molecule has 0 bridgehead atoms. The number of nitrogens with one attached hydrogen (secondary N) is 1. The molecule has 1 aliphatic heterocycles.